The van der Waals surface area contributed by atoms with Crippen molar-refractivity contribution in [3.05, 3.63) is 71.8 Å². The van der Waals surface area contributed by atoms with E-state index in [1.807, 2.05) is 68.4 Å². The first-order chi connectivity index (χ1) is 11.5. The van der Waals surface area contributed by atoms with Crippen molar-refractivity contribution < 1.29 is 9.59 Å². The molecule has 0 saturated heterocycles. The monoisotopic (exact) mass is 318 g/mol. The molecule has 2 N–H and O–H groups in total. The van der Waals surface area contributed by atoms with E-state index < -0.39 is 11.8 Å². The number of hydrogen-bond donors (Lipinski definition) is 2. The Hall–Kier alpha value is -3.14. The molecule has 120 valence electrons. The number of benzene rings is 3. The lowest BCUT2D eigenvalue weighted by atomic mass is 10.1. The molecule has 2 amide bonds. The topological polar surface area (TPSA) is 58.2 Å². The smallest absolute Gasteiger partial charge is 0.314 e. The van der Waals surface area contributed by atoms with Gasteiger partial charge in [-0.2, -0.15) is 0 Å². The van der Waals surface area contributed by atoms with Crippen molar-refractivity contribution in [2.24, 2.45) is 0 Å². The van der Waals surface area contributed by atoms with Gasteiger partial charge in [-0.15, -0.1) is 0 Å². The van der Waals surface area contributed by atoms with E-state index in [1.54, 1.807) is 6.07 Å². The number of carbonyl (C=O) groups is 2. The van der Waals surface area contributed by atoms with E-state index in [-0.39, 0.29) is 0 Å². The van der Waals surface area contributed by atoms with Gasteiger partial charge >= 0.3 is 11.8 Å². The SMILES string of the molecule is Cc1cc(C)cc(NC(=O)C(=O)Nc2cccc3ccccc23)c1. The lowest BCUT2D eigenvalue weighted by Gasteiger charge is -2.10. The van der Waals surface area contributed by atoms with E-state index in [1.165, 1.54) is 0 Å². The van der Waals surface area contributed by atoms with Crippen LogP contribution in [0.5, 0.6) is 0 Å². The fourth-order valence-electron chi connectivity index (χ4n) is 2.75. The summed E-state index contributed by atoms with van der Waals surface area (Å²) < 4.78 is 0. The second-order valence-corrected chi connectivity index (χ2v) is 5.81. The van der Waals surface area contributed by atoms with Gasteiger partial charge in [0.1, 0.15) is 0 Å². The van der Waals surface area contributed by atoms with Crippen LogP contribution < -0.4 is 10.6 Å². The van der Waals surface area contributed by atoms with Gasteiger partial charge in [-0.1, -0.05) is 42.5 Å². The largest absolute Gasteiger partial charge is 0.318 e. The molecule has 0 fully saturated rings. The average molecular weight is 318 g/mol. The molecule has 3 rings (SSSR count). The van der Waals surface area contributed by atoms with Crippen LogP contribution in [0.2, 0.25) is 0 Å². The lowest BCUT2D eigenvalue weighted by Crippen LogP contribution is -2.29. The number of fused-ring (bicyclic) bond motifs is 1. The molecule has 0 unspecified atom stereocenters. The molecule has 0 bridgehead atoms. The second kappa shape index (κ2) is 6.54. The normalized spacial score (nSPS) is 10.4. The minimum absolute atomic E-state index is 0.616. The van der Waals surface area contributed by atoms with E-state index in [0.717, 1.165) is 21.9 Å². The number of aryl methyl sites for hydroxylation is 2. The van der Waals surface area contributed by atoms with E-state index in [9.17, 15) is 9.59 Å². The minimum Gasteiger partial charge on any atom is -0.318 e. The Morgan fingerprint density at radius 1 is 0.750 bits per heavy atom. The van der Waals surface area contributed by atoms with Gasteiger partial charge in [0.15, 0.2) is 0 Å². The van der Waals surface area contributed by atoms with E-state index in [4.69, 9.17) is 0 Å². The molecule has 0 aliphatic carbocycles. The van der Waals surface area contributed by atoms with Gasteiger partial charge in [0.25, 0.3) is 0 Å². The molecule has 4 heteroatoms. The zero-order chi connectivity index (χ0) is 17.1. The first-order valence-electron chi connectivity index (χ1n) is 7.71. The summed E-state index contributed by atoms with van der Waals surface area (Å²) in [5.74, 6) is -1.38. The predicted octanol–water partition coefficient (Wildman–Crippen LogP) is 4.03. The van der Waals surface area contributed by atoms with Crippen LogP contribution in [0.25, 0.3) is 10.8 Å². The highest BCUT2D eigenvalue weighted by Crippen LogP contribution is 2.23. The average Bonchev–Trinajstić information content (AvgIpc) is 2.54. The first-order valence-corrected chi connectivity index (χ1v) is 7.71. The van der Waals surface area contributed by atoms with Crippen LogP contribution >= 0.6 is 0 Å². The summed E-state index contributed by atoms with van der Waals surface area (Å²) in [6, 6.07) is 18.9. The molecule has 0 radical (unpaired) electrons. The molecule has 0 aromatic heterocycles. The zero-order valence-electron chi connectivity index (χ0n) is 13.6. The standard InChI is InChI=1S/C20H18N2O2/c1-13-10-14(2)12-16(11-13)21-19(23)20(24)22-18-9-5-7-15-6-3-4-8-17(15)18/h3-12H,1-2H3,(H,21,23)(H,22,24). The molecule has 0 heterocycles. The third kappa shape index (κ3) is 3.43. The third-order valence-corrected chi connectivity index (χ3v) is 3.72. The molecule has 3 aromatic carbocycles. The molecule has 0 spiro atoms. The van der Waals surface area contributed by atoms with Gasteiger partial charge < -0.3 is 10.6 Å². The van der Waals surface area contributed by atoms with Crippen molar-refractivity contribution in [2.75, 3.05) is 10.6 Å². The second-order valence-electron chi connectivity index (χ2n) is 5.81. The highest BCUT2D eigenvalue weighted by molar-refractivity contribution is 6.44. The molecular formula is C20H18N2O2. The minimum atomic E-state index is -0.689. The summed E-state index contributed by atoms with van der Waals surface area (Å²) in [5.41, 5.74) is 3.29. The van der Waals surface area contributed by atoms with Crippen molar-refractivity contribution in [3.8, 4) is 0 Å². The van der Waals surface area contributed by atoms with Crippen molar-refractivity contribution in [1.29, 1.82) is 0 Å². The fourth-order valence-corrected chi connectivity index (χ4v) is 2.75. The summed E-state index contributed by atoms with van der Waals surface area (Å²) in [6.45, 7) is 3.89. The molecule has 0 saturated carbocycles. The number of anilines is 2. The summed E-state index contributed by atoms with van der Waals surface area (Å²) in [5, 5.41) is 7.22. The maximum Gasteiger partial charge on any atom is 0.314 e. The van der Waals surface area contributed by atoms with Gasteiger partial charge in [0.2, 0.25) is 0 Å². The first kappa shape index (κ1) is 15.7. The van der Waals surface area contributed by atoms with Crippen LogP contribution in [0.4, 0.5) is 11.4 Å². The number of hydrogen-bond acceptors (Lipinski definition) is 2. The molecular weight excluding hydrogens is 300 g/mol. The van der Waals surface area contributed by atoms with Crippen LogP contribution in [0.3, 0.4) is 0 Å². The van der Waals surface area contributed by atoms with E-state index >= 15 is 0 Å². The highest BCUT2D eigenvalue weighted by Gasteiger charge is 2.15. The Balaban J connectivity index is 1.77. The molecule has 4 nitrogen and oxygen atoms in total. The summed E-state index contributed by atoms with van der Waals surface area (Å²) in [6.07, 6.45) is 0. The summed E-state index contributed by atoms with van der Waals surface area (Å²) in [7, 11) is 0. The number of amides is 2. The number of carbonyl (C=O) groups excluding carboxylic acids is 2. The Morgan fingerprint density at radius 2 is 1.38 bits per heavy atom. The lowest BCUT2D eigenvalue weighted by molar-refractivity contribution is -0.132. The molecule has 24 heavy (non-hydrogen) atoms. The number of rotatable bonds is 2. The Kier molecular flexibility index (Phi) is 4.29. The van der Waals surface area contributed by atoms with Gasteiger partial charge in [0.05, 0.1) is 0 Å². The zero-order valence-corrected chi connectivity index (χ0v) is 13.6. The Bertz CT molecular complexity index is 906. The molecule has 3 aromatic rings. The van der Waals surface area contributed by atoms with Crippen LogP contribution in [0.1, 0.15) is 11.1 Å². The quantitative estimate of drug-likeness (QED) is 0.701. The Labute approximate surface area is 140 Å². The molecule has 0 aliphatic rings. The van der Waals surface area contributed by atoms with Crippen molar-refractivity contribution in [3.63, 3.8) is 0 Å². The highest BCUT2D eigenvalue weighted by atomic mass is 16.2. The predicted molar refractivity (Wildman–Crippen MR) is 97.1 cm³/mol. The van der Waals surface area contributed by atoms with Crippen molar-refractivity contribution in [2.45, 2.75) is 13.8 Å². The van der Waals surface area contributed by atoms with Gasteiger partial charge in [0, 0.05) is 16.8 Å². The molecule has 0 aliphatic heterocycles. The van der Waals surface area contributed by atoms with Crippen LogP contribution in [-0.4, -0.2) is 11.8 Å². The maximum absolute atomic E-state index is 12.2. The number of nitrogens with one attached hydrogen (secondary N) is 2. The summed E-state index contributed by atoms with van der Waals surface area (Å²) >= 11 is 0. The third-order valence-electron chi connectivity index (χ3n) is 3.72. The summed E-state index contributed by atoms with van der Waals surface area (Å²) in [4.78, 5) is 24.4. The van der Waals surface area contributed by atoms with E-state index in [0.29, 0.717) is 11.4 Å². The van der Waals surface area contributed by atoms with Gasteiger partial charge in [-0.05, 0) is 48.6 Å². The van der Waals surface area contributed by atoms with Crippen LogP contribution in [0, 0.1) is 13.8 Å². The van der Waals surface area contributed by atoms with Crippen LogP contribution in [0.15, 0.2) is 60.7 Å². The maximum atomic E-state index is 12.2. The van der Waals surface area contributed by atoms with Crippen molar-refractivity contribution >= 4 is 34.0 Å². The van der Waals surface area contributed by atoms with Crippen molar-refractivity contribution in [1.82, 2.24) is 0 Å². The fraction of sp³-hybridized carbons (Fsp3) is 0.100. The van der Waals surface area contributed by atoms with Gasteiger partial charge in [-0.25, -0.2) is 0 Å². The van der Waals surface area contributed by atoms with E-state index in [2.05, 4.69) is 10.6 Å². The van der Waals surface area contributed by atoms with Gasteiger partial charge in [-0.3, -0.25) is 9.59 Å². The Morgan fingerprint density at radius 3 is 2.12 bits per heavy atom. The van der Waals surface area contributed by atoms with Crippen LogP contribution in [-0.2, 0) is 9.59 Å². The molecule has 0 atom stereocenters.